The first-order chi connectivity index (χ1) is 10.3. The molecular formula is C18H22O4. The van der Waals surface area contributed by atoms with Gasteiger partial charge in [0.15, 0.2) is 5.78 Å². The molecule has 1 unspecified atom stereocenters. The first-order valence-corrected chi connectivity index (χ1v) is 7.63. The van der Waals surface area contributed by atoms with Crippen molar-refractivity contribution in [1.29, 1.82) is 0 Å². The number of ketones is 2. The first-order valence-electron chi connectivity index (χ1n) is 7.63. The lowest BCUT2D eigenvalue weighted by Crippen LogP contribution is -2.45. The van der Waals surface area contributed by atoms with Crippen LogP contribution in [0.25, 0.3) is 0 Å². The Morgan fingerprint density at radius 3 is 2.55 bits per heavy atom. The Morgan fingerprint density at radius 2 is 1.95 bits per heavy atom. The molecule has 0 aromatic heterocycles. The normalized spacial score (nSPS) is 20.5. The lowest BCUT2D eigenvalue weighted by Gasteiger charge is -2.34. The number of esters is 1. The molecule has 0 fully saturated rings. The Bertz CT molecular complexity index is 645. The number of carbonyl (C=O) groups is 3. The number of carbonyl (C=O) groups excluding carboxylic acids is 3. The highest BCUT2D eigenvalue weighted by atomic mass is 16.5. The Kier molecular flexibility index (Phi) is 4.50. The van der Waals surface area contributed by atoms with Crippen LogP contribution < -0.4 is 0 Å². The standard InChI is InChI=1S/C18H22O4/c1-5-22-17(21)18(10-13(4)19)7-6-14-12(3)8-11(2)9-15(14)16(18)20/h8-9H,5-7,10H2,1-4H3. The molecule has 0 amide bonds. The predicted octanol–water partition coefficient (Wildman–Crippen LogP) is 2.96. The monoisotopic (exact) mass is 302 g/mol. The van der Waals surface area contributed by atoms with Gasteiger partial charge in [-0.05, 0) is 57.7 Å². The molecule has 1 aliphatic rings. The van der Waals surface area contributed by atoms with Crippen LogP contribution in [0.3, 0.4) is 0 Å². The van der Waals surface area contributed by atoms with Crippen molar-refractivity contribution < 1.29 is 19.1 Å². The van der Waals surface area contributed by atoms with Gasteiger partial charge in [0, 0.05) is 12.0 Å². The molecule has 0 aliphatic heterocycles. The number of Topliss-reactive ketones (excluding diaryl/α,β-unsaturated/α-hetero) is 2. The van der Waals surface area contributed by atoms with E-state index < -0.39 is 11.4 Å². The van der Waals surface area contributed by atoms with Crippen molar-refractivity contribution in [1.82, 2.24) is 0 Å². The SMILES string of the molecule is CCOC(=O)C1(CC(C)=O)CCc2c(C)cc(C)cc2C1=O. The predicted molar refractivity (Wildman–Crippen MR) is 82.9 cm³/mol. The van der Waals surface area contributed by atoms with Crippen molar-refractivity contribution in [2.24, 2.45) is 5.41 Å². The van der Waals surface area contributed by atoms with E-state index in [2.05, 4.69) is 0 Å². The van der Waals surface area contributed by atoms with Gasteiger partial charge in [0.1, 0.15) is 11.2 Å². The molecule has 22 heavy (non-hydrogen) atoms. The Balaban J connectivity index is 2.55. The van der Waals surface area contributed by atoms with Gasteiger partial charge in [0.25, 0.3) is 0 Å². The highest BCUT2D eigenvalue weighted by Crippen LogP contribution is 2.41. The summed E-state index contributed by atoms with van der Waals surface area (Å²) < 4.78 is 5.12. The Hall–Kier alpha value is -1.97. The smallest absolute Gasteiger partial charge is 0.320 e. The largest absolute Gasteiger partial charge is 0.465 e. The van der Waals surface area contributed by atoms with Crippen molar-refractivity contribution in [3.63, 3.8) is 0 Å². The van der Waals surface area contributed by atoms with Crippen LogP contribution in [0.1, 0.15) is 53.7 Å². The number of hydrogen-bond acceptors (Lipinski definition) is 4. The van der Waals surface area contributed by atoms with Crippen LogP contribution >= 0.6 is 0 Å². The van der Waals surface area contributed by atoms with E-state index >= 15 is 0 Å². The van der Waals surface area contributed by atoms with Crippen molar-refractivity contribution >= 4 is 17.5 Å². The van der Waals surface area contributed by atoms with Gasteiger partial charge in [-0.15, -0.1) is 0 Å². The summed E-state index contributed by atoms with van der Waals surface area (Å²) in [4.78, 5) is 37.1. The fourth-order valence-corrected chi connectivity index (χ4v) is 3.37. The third kappa shape index (κ3) is 2.70. The maximum atomic E-state index is 13.0. The van der Waals surface area contributed by atoms with Gasteiger partial charge >= 0.3 is 5.97 Å². The van der Waals surface area contributed by atoms with Crippen LogP contribution in [0.15, 0.2) is 12.1 Å². The first kappa shape index (κ1) is 16.4. The summed E-state index contributed by atoms with van der Waals surface area (Å²) >= 11 is 0. The highest BCUT2D eigenvalue weighted by Gasteiger charge is 2.50. The molecule has 0 heterocycles. The Labute approximate surface area is 130 Å². The number of hydrogen-bond donors (Lipinski definition) is 0. The molecule has 4 nitrogen and oxygen atoms in total. The average Bonchev–Trinajstić information content (AvgIpc) is 2.42. The summed E-state index contributed by atoms with van der Waals surface area (Å²) in [6.45, 7) is 7.21. The van der Waals surface area contributed by atoms with Crippen molar-refractivity contribution in [2.45, 2.75) is 47.0 Å². The van der Waals surface area contributed by atoms with Crippen LogP contribution in [0.4, 0.5) is 0 Å². The van der Waals surface area contributed by atoms with Gasteiger partial charge in [0.2, 0.25) is 0 Å². The number of fused-ring (bicyclic) bond motifs is 1. The minimum atomic E-state index is -1.35. The molecule has 0 saturated carbocycles. The van der Waals surface area contributed by atoms with E-state index in [-0.39, 0.29) is 24.6 Å². The summed E-state index contributed by atoms with van der Waals surface area (Å²) in [7, 11) is 0. The number of aryl methyl sites for hydroxylation is 2. The van der Waals surface area contributed by atoms with E-state index in [9.17, 15) is 14.4 Å². The van der Waals surface area contributed by atoms with E-state index in [0.29, 0.717) is 18.4 Å². The van der Waals surface area contributed by atoms with E-state index in [1.54, 1.807) is 6.92 Å². The molecule has 118 valence electrons. The van der Waals surface area contributed by atoms with Crippen LogP contribution in [0.5, 0.6) is 0 Å². The molecule has 0 radical (unpaired) electrons. The van der Waals surface area contributed by atoms with E-state index in [1.165, 1.54) is 6.92 Å². The van der Waals surface area contributed by atoms with Crippen LogP contribution in [-0.4, -0.2) is 24.1 Å². The lowest BCUT2D eigenvalue weighted by molar-refractivity contribution is -0.154. The van der Waals surface area contributed by atoms with Gasteiger partial charge in [-0.3, -0.25) is 14.4 Å². The second kappa shape index (κ2) is 6.03. The van der Waals surface area contributed by atoms with Gasteiger partial charge in [-0.25, -0.2) is 0 Å². The van der Waals surface area contributed by atoms with E-state index in [1.807, 2.05) is 26.0 Å². The minimum absolute atomic E-state index is 0.0862. The lowest BCUT2D eigenvalue weighted by atomic mass is 9.67. The zero-order valence-corrected chi connectivity index (χ0v) is 13.6. The third-order valence-corrected chi connectivity index (χ3v) is 4.32. The van der Waals surface area contributed by atoms with Crippen molar-refractivity contribution in [3.8, 4) is 0 Å². The molecule has 1 aromatic rings. The minimum Gasteiger partial charge on any atom is -0.465 e. The summed E-state index contributed by atoms with van der Waals surface area (Å²) in [5.74, 6) is -1.01. The summed E-state index contributed by atoms with van der Waals surface area (Å²) in [5.41, 5.74) is 2.24. The quantitative estimate of drug-likeness (QED) is 0.634. The number of benzene rings is 1. The van der Waals surface area contributed by atoms with Crippen LogP contribution in [0, 0.1) is 19.3 Å². The van der Waals surface area contributed by atoms with E-state index in [0.717, 1.165) is 16.7 Å². The summed E-state index contributed by atoms with van der Waals surface area (Å²) in [5, 5.41) is 0. The molecule has 1 aliphatic carbocycles. The number of rotatable bonds is 4. The fourth-order valence-electron chi connectivity index (χ4n) is 3.37. The maximum Gasteiger partial charge on any atom is 0.320 e. The van der Waals surface area contributed by atoms with Crippen molar-refractivity contribution in [2.75, 3.05) is 6.61 Å². The molecule has 1 aromatic carbocycles. The molecule has 0 spiro atoms. The van der Waals surface area contributed by atoms with Gasteiger partial charge < -0.3 is 4.74 Å². The second-order valence-corrected chi connectivity index (χ2v) is 6.12. The Morgan fingerprint density at radius 1 is 1.27 bits per heavy atom. The summed E-state index contributed by atoms with van der Waals surface area (Å²) in [6.07, 6.45) is 0.859. The van der Waals surface area contributed by atoms with Crippen LogP contribution in [0.2, 0.25) is 0 Å². The molecule has 0 N–H and O–H groups in total. The van der Waals surface area contributed by atoms with Crippen LogP contribution in [-0.2, 0) is 20.7 Å². The maximum absolute atomic E-state index is 13.0. The topological polar surface area (TPSA) is 60.4 Å². The molecule has 2 rings (SSSR count). The van der Waals surface area contributed by atoms with Gasteiger partial charge in [-0.2, -0.15) is 0 Å². The number of ether oxygens (including phenoxy) is 1. The third-order valence-electron chi connectivity index (χ3n) is 4.32. The highest BCUT2D eigenvalue weighted by molar-refractivity contribution is 6.16. The zero-order valence-electron chi connectivity index (χ0n) is 13.6. The van der Waals surface area contributed by atoms with E-state index in [4.69, 9.17) is 4.74 Å². The van der Waals surface area contributed by atoms with Gasteiger partial charge in [-0.1, -0.05) is 11.6 Å². The molecule has 0 bridgehead atoms. The summed E-state index contributed by atoms with van der Waals surface area (Å²) in [6, 6.07) is 3.85. The van der Waals surface area contributed by atoms with Gasteiger partial charge in [0.05, 0.1) is 6.61 Å². The second-order valence-electron chi connectivity index (χ2n) is 6.12. The average molecular weight is 302 g/mol. The van der Waals surface area contributed by atoms with Crippen molar-refractivity contribution in [3.05, 3.63) is 34.4 Å². The molecule has 4 heteroatoms. The molecule has 1 atom stereocenters. The zero-order chi connectivity index (χ0) is 16.5. The molecule has 0 saturated heterocycles. The fraction of sp³-hybridized carbons (Fsp3) is 0.500. The molecular weight excluding hydrogens is 280 g/mol.